The third kappa shape index (κ3) is 8.53. The number of hydrogen-bond donors (Lipinski definition) is 4. The van der Waals surface area contributed by atoms with Gasteiger partial charge in [-0.2, -0.15) is 0 Å². The fraction of sp³-hybridized carbons (Fsp3) is 0.333. The highest BCUT2D eigenvalue weighted by atomic mass is 19.1. The highest BCUT2D eigenvalue weighted by Crippen LogP contribution is 2.50. The van der Waals surface area contributed by atoms with Gasteiger partial charge in [-0.3, -0.25) is 9.59 Å². The quantitative estimate of drug-likeness (QED) is 0.0852. The number of carbonyl (C=O) groups excluding carboxylic acids is 4. The smallest absolute Gasteiger partial charge is 0.407 e. The molecule has 324 valence electrons. The largest absolute Gasteiger partial charge is 0.453 e. The summed E-state index contributed by atoms with van der Waals surface area (Å²) >= 11 is 0. The number of ether oxygens (including phenoxy) is 2. The zero-order chi connectivity index (χ0) is 44.4. The van der Waals surface area contributed by atoms with Crippen LogP contribution >= 0.6 is 0 Å². The molecule has 2 bridgehead atoms. The molecule has 1 aliphatic carbocycles. The molecule has 3 heterocycles. The number of piperidine rings is 1. The molecule has 14 nitrogen and oxygen atoms in total. The van der Waals surface area contributed by atoms with E-state index in [1.165, 1.54) is 20.3 Å². The fourth-order valence-electron chi connectivity index (χ4n) is 9.10. The van der Waals surface area contributed by atoms with Crippen molar-refractivity contribution in [3.8, 4) is 34.7 Å². The molecular formula is C48H49FN8O6. The van der Waals surface area contributed by atoms with E-state index in [1.54, 1.807) is 29.3 Å². The summed E-state index contributed by atoms with van der Waals surface area (Å²) in [6.45, 7) is 4.10. The molecule has 2 fully saturated rings. The normalized spacial score (nSPS) is 17.7. The summed E-state index contributed by atoms with van der Waals surface area (Å²) in [5.41, 5.74) is 4.46. The maximum Gasteiger partial charge on any atom is 0.407 e. The van der Waals surface area contributed by atoms with Gasteiger partial charge in [-0.05, 0) is 77.4 Å². The van der Waals surface area contributed by atoms with E-state index in [2.05, 4.69) is 26.5 Å². The van der Waals surface area contributed by atoms with Gasteiger partial charge < -0.3 is 39.9 Å². The molecule has 4 aromatic carbocycles. The molecule has 63 heavy (non-hydrogen) atoms. The van der Waals surface area contributed by atoms with E-state index in [0.717, 1.165) is 41.1 Å². The maximum absolute atomic E-state index is 16.1. The average Bonchev–Trinajstić information content (AvgIpc) is 4.13. The van der Waals surface area contributed by atoms with Crippen molar-refractivity contribution in [1.29, 1.82) is 0 Å². The molecule has 0 unspecified atom stereocenters. The summed E-state index contributed by atoms with van der Waals surface area (Å²) in [6, 6.07) is 21.8. The molecule has 1 saturated heterocycles. The molecule has 0 radical (unpaired) electrons. The van der Waals surface area contributed by atoms with Gasteiger partial charge in [0.15, 0.2) is 0 Å². The van der Waals surface area contributed by atoms with E-state index in [4.69, 9.17) is 25.9 Å². The van der Waals surface area contributed by atoms with E-state index in [-0.39, 0.29) is 48.8 Å². The van der Waals surface area contributed by atoms with E-state index < -0.39 is 30.1 Å². The lowest BCUT2D eigenvalue weighted by Crippen LogP contribution is -2.51. The third-order valence-electron chi connectivity index (χ3n) is 12.2. The Balaban J connectivity index is 1.02. The lowest BCUT2D eigenvalue weighted by molar-refractivity contribution is -0.138. The van der Waals surface area contributed by atoms with Crippen molar-refractivity contribution in [3.63, 3.8) is 0 Å². The molecule has 0 spiro atoms. The summed E-state index contributed by atoms with van der Waals surface area (Å²) in [7, 11) is 2.51. The molecule has 5 atom stereocenters. The van der Waals surface area contributed by atoms with E-state index in [1.807, 2.05) is 73.3 Å². The minimum absolute atomic E-state index is 0.0121. The Morgan fingerprint density at radius 3 is 2.43 bits per heavy atom. The van der Waals surface area contributed by atoms with E-state index in [0.29, 0.717) is 46.0 Å². The first-order valence-electron chi connectivity index (χ1n) is 21.0. The lowest BCUT2D eigenvalue weighted by atomic mass is 9.96. The Kier molecular flexibility index (Phi) is 12.2. The number of aromatic nitrogens is 4. The number of H-pyrrole nitrogens is 2. The lowest BCUT2D eigenvalue weighted by Gasteiger charge is -2.36. The highest BCUT2D eigenvalue weighted by Gasteiger charge is 2.51. The second-order valence-electron chi connectivity index (χ2n) is 16.4. The van der Waals surface area contributed by atoms with E-state index >= 15 is 4.39 Å². The molecule has 6 aromatic rings. The first kappa shape index (κ1) is 42.5. The van der Waals surface area contributed by atoms with Gasteiger partial charge in [-0.25, -0.2) is 23.9 Å². The van der Waals surface area contributed by atoms with Gasteiger partial charge in [0, 0.05) is 30.0 Å². The topological polar surface area (TPSA) is 175 Å². The van der Waals surface area contributed by atoms with Crippen LogP contribution in [0.1, 0.15) is 68.8 Å². The van der Waals surface area contributed by atoms with Crippen LogP contribution in [0.3, 0.4) is 0 Å². The Bertz CT molecular complexity index is 2730. The van der Waals surface area contributed by atoms with Gasteiger partial charge in [0.1, 0.15) is 29.5 Å². The molecule has 2 aliphatic rings. The van der Waals surface area contributed by atoms with Crippen molar-refractivity contribution in [3.05, 3.63) is 108 Å². The molecule has 4 N–H and O–H groups in total. The van der Waals surface area contributed by atoms with Crippen molar-refractivity contribution in [2.24, 2.45) is 11.8 Å². The van der Waals surface area contributed by atoms with Crippen LogP contribution in [-0.2, 0) is 25.6 Å². The third-order valence-corrected chi connectivity index (χ3v) is 12.2. The van der Waals surface area contributed by atoms with Gasteiger partial charge in [0.25, 0.3) is 5.91 Å². The second kappa shape index (κ2) is 18.0. The predicted molar refractivity (Wildman–Crippen MR) is 235 cm³/mol. The standard InChI is InChI=1S/C48H49FN8O6/c1-6-7-21-56(45(58)40(27(2)3)54-47(60)62-4)26-39-51-37-20-16-31-22-29(14-18-34(31)42(37)53-39)30-15-19-35(36(49)24-30)38-25-50-44(52-38)43-32-13-17-33(23-32)57(43)46(59)41(55-48(61)63-5)28-11-9-8-10-12-28/h1,8-12,14-16,18-20,22,24-25,27,32-33,40-41,43H,7,13,17,21,23,26H2,2-5H3,(H,50,52)(H,51,53)(H,54,60)(H,55,61)/t32-,33+,40-,41+,43-/m0/s1. The minimum Gasteiger partial charge on any atom is -0.453 e. The summed E-state index contributed by atoms with van der Waals surface area (Å²) in [5.74, 6) is 2.69. The molecule has 8 rings (SSSR count). The summed E-state index contributed by atoms with van der Waals surface area (Å²) in [4.78, 5) is 72.1. The summed E-state index contributed by atoms with van der Waals surface area (Å²) in [6.07, 6.45) is 8.69. The number of nitrogens with zero attached hydrogens (tertiary/aromatic N) is 4. The minimum atomic E-state index is -0.947. The number of amides is 4. The van der Waals surface area contributed by atoms with Crippen LogP contribution in [0.2, 0.25) is 0 Å². The number of fused-ring (bicyclic) bond motifs is 5. The monoisotopic (exact) mass is 852 g/mol. The van der Waals surface area contributed by atoms with E-state index in [9.17, 15) is 19.2 Å². The van der Waals surface area contributed by atoms with Gasteiger partial charge in [0.2, 0.25) is 5.91 Å². The predicted octanol–water partition coefficient (Wildman–Crippen LogP) is 7.79. The first-order valence-corrected chi connectivity index (χ1v) is 21.0. The molecular weight excluding hydrogens is 804 g/mol. The van der Waals surface area contributed by atoms with Gasteiger partial charge in [-0.1, -0.05) is 68.4 Å². The zero-order valence-corrected chi connectivity index (χ0v) is 35.5. The summed E-state index contributed by atoms with van der Waals surface area (Å²) in [5, 5.41) is 7.13. The first-order chi connectivity index (χ1) is 30.5. The number of methoxy groups -OCH3 is 2. The van der Waals surface area contributed by atoms with Crippen LogP contribution in [0.25, 0.3) is 44.2 Å². The number of alkyl carbamates (subject to hydrolysis) is 2. The van der Waals surface area contributed by atoms with Gasteiger partial charge >= 0.3 is 12.2 Å². The highest BCUT2D eigenvalue weighted by molar-refractivity contribution is 6.05. The second-order valence-corrected chi connectivity index (χ2v) is 16.4. The van der Waals surface area contributed by atoms with Crippen molar-refractivity contribution in [2.75, 3.05) is 20.8 Å². The number of likely N-dealkylation sites (tertiary alicyclic amines) is 1. The van der Waals surface area contributed by atoms with Crippen molar-refractivity contribution in [2.45, 2.75) is 70.2 Å². The van der Waals surface area contributed by atoms with Gasteiger partial charge in [-0.15, -0.1) is 12.3 Å². The van der Waals surface area contributed by atoms with Gasteiger partial charge in [0.05, 0.1) is 49.7 Å². The number of carbonyl (C=O) groups is 4. The zero-order valence-electron chi connectivity index (χ0n) is 35.5. The van der Waals surface area contributed by atoms with Crippen LogP contribution < -0.4 is 10.6 Å². The number of imidazole rings is 2. The van der Waals surface area contributed by atoms with Crippen LogP contribution in [0, 0.1) is 30.0 Å². The van der Waals surface area contributed by atoms with Crippen molar-refractivity contribution >= 4 is 45.8 Å². The number of nitrogens with one attached hydrogen (secondary N) is 4. The Morgan fingerprint density at radius 1 is 0.952 bits per heavy atom. The molecule has 4 amide bonds. The molecule has 2 aromatic heterocycles. The van der Waals surface area contributed by atoms with Crippen molar-refractivity contribution in [1.82, 2.24) is 40.4 Å². The molecule has 1 aliphatic heterocycles. The number of rotatable bonds is 13. The van der Waals surface area contributed by atoms with Crippen LogP contribution in [0.4, 0.5) is 14.0 Å². The van der Waals surface area contributed by atoms with Crippen LogP contribution in [0.5, 0.6) is 0 Å². The average molecular weight is 853 g/mol. The number of aromatic amines is 2. The Hall–Kier alpha value is -7.21. The number of benzene rings is 4. The Labute approximate surface area is 363 Å². The maximum atomic E-state index is 16.1. The van der Waals surface area contributed by atoms with Crippen LogP contribution in [0.15, 0.2) is 85.1 Å². The number of terminal acetylenes is 1. The summed E-state index contributed by atoms with van der Waals surface area (Å²) < 4.78 is 25.7. The molecule has 15 heteroatoms. The number of hydrogen-bond acceptors (Lipinski definition) is 8. The number of halogens is 1. The van der Waals surface area contributed by atoms with Crippen molar-refractivity contribution < 1.29 is 33.0 Å². The SMILES string of the molecule is C#CCCN(Cc1nc2c(ccc3cc(-c4ccc(-c5cnc([C@@H]6[C@H]7CC[C@H](C7)N6C(=O)[C@H](NC(=O)OC)c6ccccc6)[nH]5)c(F)c4)ccc32)[nH]1)C(=O)[C@@H](NC(=O)OC)C(C)C. The fourth-order valence-corrected chi connectivity index (χ4v) is 9.10. The Morgan fingerprint density at radius 2 is 1.70 bits per heavy atom. The molecule has 1 saturated carbocycles. The van der Waals surface area contributed by atoms with Crippen LogP contribution in [-0.4, -0.2) is 86.6 Å².